The first-order valence-corrected chi connectivity index (χ1v) is 10.9. The van der Waals surface area contributed by atoms with Crippen LogP contribution < -0.4 is 5.32 Å². The Bertz CT molecular complexity index is 1170. The molecule has 0 spiro atoms. The van der Waals surface area contributed by atoms with Crippen molar-refractivity contribution in [2.75, 3.05) is 6.54 Å². The number of benzene rings is 3. The summed E-state index contributed by atoms with van der Waals surface area (Å²) in [4.78, 5) is 13.5. The molecule has 0 aliphatic carbocycles. The van der Waals surface area contributed by atoms with Crippen molar-refractivity contribution in [3.05, 3.63) is 102 Å². The summed E-state index contributed by atoms with van der Waals surface area (Å²) in [6, 6.07) is 22.9. The molecule has 1 N–H and O–H groups in total. The molecular formula is C25H23FN2OS. The molecule has 1 amide bonds. The second kappa shape index (κ2) is 9.18. The van der Waals surface area contributed by atoms with Crippen molar-refractivity contribution >= 4 is 28.6 Å². The molecule has 3 nitrogen and oxygen atoms in total. The highest BCUT2D eigenvalue weighted by Gasteiger charge is 2.12. The van der Waals surface area contributed by atoms with Gasteiger partial charge >= 0.3 is 0 Å². The quantitative estimate of drug-likeness (QED) is 0.384. The second-order valence-corrected chi connectivity index (χ2v) is 8.23. The number of halogens is 1. The smallest absolute Gasteiger partial charge is 0.254 e. The minimum Gasteiger partial charge on any atom is -0.350 e. The first kappa shape index (κ1) is 20.2. The summed E-state index contributed by atoms with van der Waals surface area (Å²) in [5.74, 6) is 0.00734. The van der Waals surface area contributed by atoms with Gasteiger partial charge in [0.05, 0.1) is 5.56 Å². The van der Waals surface area contributed by atoms with Gasteiger partial charge in [-0.3, -0.25) is 4.79 Å². The van der Waals surface area contributed by atoms with Gasteiger partial charge in [-0.15, -0.1) is 11.8 Å². The van der Waals surface area contributed by atoms with Crippen LogP contribution in [0.15, 0.2) is 83.9 Å². The average Bonchev–Trinajstić information content (AvgIpc) is 3.11. The van der Waals surface area contributed by atoms with Crippen LogP contribution in [-0.4, -0.2) is 17.0 Å². The number of nitrogens with one attached hydrogen (secondary N) is 1. The Morgan fingerprint density at radius 2 is 1.73 bits per heavy atom. The lowest BCUT2D eigenvalue weighted by Gasteiger charge is -2.08. The zero-order valence-electron chi connectivity index (χ0n) is 16.8. The summed E-state index contributed by atoms with van der Waals surface area (Å²) >= 11 is 1.81. The second-order valence-electron chi connectivity index (χ2n) is 7.21. The molecule has 0 radical (unpaired) electrons. The fourth-order valence-electron chi connectivity index (χ4n) is 3.39. The monoisotopic (exact) mass is 418 g/mol. The molecule has 0 bridgehead atoms. The van der Waals surface area contributed by atoms with E-state index in [-0.39, 0.29) is 5.56 Å². The van der Waals surface area contributed by atoms with Crippen molar-refractivity contribution in [3.63, 3.8) is 0 Å². The molecule has 1 aromatic heterocycles. The lowest BCUT2D eigenvalue weighted by molar-refractivity contribution is 0.0948. The molecule has 0 saturated carbocycles. The van der Waals surface area contributed by atoms with Crippen molar-refractivity contribution in [1.29, 1.82) is 0 Å². The zero-order chi connectivity index (χ0) is 20.9. The molecule has 0 aliphatic heterocycles. The maximum atomic E-state index is 13.8. The van der Waals surface area contributed by atoms with Crippen molar-refractivity contribution in [2.45, 2.75) is 24.1 Å². The van der Waals surface area contributed by atoms with Gasteiger partial charge in [0.15, 0.2) is 0 Å². The third-order valence-corrected chi connectivity index (χ3v) is 6.14. The van der Waals surface area contributed by atoms with E-state index < -0.39 is 11.7 Å². The van der Waals surface area contributed by atoms with Crippen LogP contribution in [0.25, 0.3) is 10.9 Å². The minimum atomic E-state index is -0.504. The number of para-hydroxylation sites is 1. The third-order valence-electron chi connectivity index (χ3n) is 5.02. The molecule has 152 valence electrons. The average molecular weight is 419 g/mol. The van der Waals surface area contributed by atoms with Crippen LogP contribution in [0.1, 0.15) is 21.5 Å². The Morgan fingerprint density at radius 1 is 1.00 bits per heavy atom. The number of rotatable bonds is 7. The maximum Gasteiger partial charge on any atom is 0.254 e. The van der Waals surface area contributed by atoms with E-state index in [9.17, 15) is 9.18 Å². The van der Waals surface area contributed by atoms with Gasteiger partial charge in [-0.25, -0.2) is 4.39 Å². The number of thioether (sulfide) groups is 1. The van der Waals surface area contributed by atoms with Crippen LogP contribution in [0.2, 0.25) is 0 Å². The Labute approximate surface area is 179 Å². The van der Waals surface area contributed by atoms with Crippen molar-refractivity contribution in [2.24, 2.45) is 0 Å². The van der Waals surface area contributed by atoms with Crippen molar-refractivity contribution in [3.8, 4) is 0 Å². The largest absolute Gasteiger partial charge is 0.350 e. The molecule has 5 heteroatoms. The van der Waals surface area contributed by atoms with Gasteiger partial charge in [-0.05, 0) is 30.7 Å². The molecule has 30 heavy (non-hydrogen) atoms. The zero-order valence-corrected chi connectivity index (χ0v) is 17.6. The van der Waals surface area contributed by atoms with Gasteiger partial charge < -0.3 is 9.88 Å². The third kappa shape index (κ3) is 4.57. The predicted octanol–water partition coefficient (Wildman–Crippen LogP) is 5.81. The number of hydrogen-bond donors (Lipinski definition) is 1. The maximum absolute atomic E-state index is 13.8. The highest BCUT2D eigenvalue weighted by atomic mass is 32.2. The van der Waals surface area contributed by atoms with E-state index in [1.165, 1.54) is 33.5 Å². The number of aromatic nitrogens is 1. The van der Waals surface area contributed by atoms with E-state index >= 15 is 0 Å². The highest BCUT2D eigenvalue weighted by Crippen LogP contribution is 2.32. The fraction of sp³-hybridized carbons (Fsp3) is 0.160. The molecule has 4 aromatic rings. The van der Waals surface area contributed by atoms with E-state index in [4.69, 9.17) is 0 Å². The Kier molecular flexibility index (Phi) is 6.19. The standard InChI is InChI=1S/C25H23FN2OS/c1-18-10-12-19(13-11-18)17-30-24-16-28(23-9-5-3-7-21(23)24)15-14-27-25(29)20-6-2-4-8-22(20)26/h2-13,16H,14-15,17H2,1H3,(H,27,29). The van der Waals surface area contributed by atoms with Crippen LogP contribution in [0, 0.1) is 12.7 Å². The topological polar surface area (TPSA) is 34.0 Å². The summed E-state index contributed by atoms with van der Waals surface area (Å²) in [6.07, 6.45) is 2.14. The lowest BCUT2D eigenvalue weighted by atomic mass is 10.2. The van der Waals surface area contributed by atoms with E-state index in [2.05, 4.69) is 59.4 Å². The minimum absolute atomic E-state index is 0.0733. The number of fused-ring (bicyclic) bond motifs is 1. The molecular weight excluding hydrogens is 395 g/mol. The van der Waals surface area contributed by atoms with Crippen LogP contribution >= 0.6 is 11.8 Å². The lowest BCUT2D eigenvalue weighted by Crippen LogP contribution is -2.27. The number of hydrogen-bond acceptors (Lipinski definition) is 2. The van der Waals surface area contributed by atoms with Gasteiger partial charge in [-0.1, -0.05) is 60.2 Å². The molecule has 0 saturated heterocycles. The fourth-order valence-corrected chi connectivity index (χ4v) is 4.43. The summed E-state index contributed by atoms with van der Waals surface area (Å²) in [6.45, 7) is 3.13. The molecule has 4 rings (SSSR count). The summed E-state index contributed by atoms with van der Waals surface area (Å²) < 4.78 is 15.9. The number of carbonyl (C=O) groups excluding carboxylic acids is 1. The first-order valence-electron chi connectivity index (χ1n) is 9.91. The number of amides is 1. The summed E-state index contributed by atoms with van der Waals surface area (Å²) in [5.41, 5.74) is 3.76. The predicted molar refractivity (Wildman–Crippen MR) is 121 cm³/mol. The highest BCUT2D eigenvalue weighted by molar-refractivity contribution is 7.98. The Balaban J connectivity index is 1.44. The van der Waals surface area contributed by atoms with Crippen LogP contribution in [0.3, 0.4) is 0 Å². The normalized spacial score (nSPS) is 11.0. The van der Waals surface area contributed by atoms with Gasteiger partial charge in [0.2, 0.25) is 0 Å². The summed E-state index contributed by atoms with van der Waals surface area (Å²) in [7, 11) is 0. The molecule has 0 atom stereocenters. The Morgan fingerprint density at radius 3 is 2.53 bits per heavy atom. The molecule has 0 aliphatic rings. The first-order chi connectivity index (χ1) is 14.6. The van der Waals surface area contributed by atoms with E-state index in [1.54, 1.807) is 12.1 Å². The Hall–Kier alpha value is -3.05. The van der Waals surface area contributed by atoms with Gasteiger partial charge in [0.1, 0.15) is 5.82 Å². The van der Waals surface area contributed by atoms with E-state index in [0.29, 0.717) is 13.1 Å². The van der Waals surface area contributed by atoms with E-state index in [0.717, 1.165) is 11.3 Å². The number of nitrogens with zero attached hydrogens (tertiary/aromatic N) is 1. The molecule has 0 unspecified atom stereocenters. The van der Waals surface area contributed by atoms with E-state index in [1.807, 2.05) is 23.9 Å². The molecule has 0 fully saturated rings. The molecule has 3 aromatic carbocycles. The van der Waals surface area contributed by atoms with Crippen molar-refractivity contribution < 1.29 is 9.18 Å². The van der Waals surface area contributed by atoms with Gasteiger partial charge in [-0.2, -0.15) is 0 Å². The number of carbonyl (C=O) groups is 1. The van der Waals surface area contributed by atoms with Crippen LogP contribution in [0.4, 0.5) is 4.39 Å². The number of aryl methyl sites for hydroxylation is 1. The van der Waals surface area contributed by atoms with Gasteiger partial charge in [0, 0.05) is 40.8 Å². The van der Waals surface area contributed by atoms with Gasteiger partial charge in [0.25, 0.3) is 5.91 Å². The van der Waals surface area contributed by atoms with Crippen molar-refractivity contribution in [1.82, 2.24) is 9.88 Å². The van der Waals surface area contributed by atoms with Crippen LogP contribution in [0.5, 0.6) is 0 Å². The van der Waals surface area contributed by atoms with Crippen LogP contribution in [-0.2, 0) is 12.3 Å². The summed E-state index contributed by atoms with van der Waals surface area (Å²) in [5, 5.41) is 4.02. The molecule has 1 heterocycles. The SMILES string of the molecule is Cc1ccc(CSc2cn(CCNC(=O)c3ccccc3F)c3ccccc23)cc1.